The second-order valence-corrected chi connectivity index (χ2v) is 5.56. The van der Waals surface area contributed by atoms with Crippen molar-refractivity contribution in [3.05, 3.63) is 30.4 Å². The van der Waals surface area contributed by atoms with Crippen LogP contribution in [0.25, 0.3) is 0 Å². The van der Waals surface area contributed by atoms with Gasteiger partial charge in [0.15, 0.2) is 11.5 Å². The molecule has 0 saturated heterocycles. The Bertz CT molecular complexity index is 591. The maximum absolute atomic E-state index is 9.55. The molecule has 0 amide bonds. The molecule has 7 heteroatoms. The standard InChI is InChI=1S/C13H17NO2.C4H4O4/c1-2-4-10(5-3-1)14-11-6-7-12-13(8-11)16-9-15-12;5-3(6)1-2-4(7)8/h6-8,10,14H,1-5,9H2;1-2H,(H,5,6)(H,7,8)/b;2-1-. The third-order valence-corrected chi connectivity index (χ3v) is 3.72. The maximum atomic E-state index is 9.55. The average Bonchev–Trinajstić information content (AvgIpc) is 3.02. The molecule has 1 aromatic carbocycles. The van der Waals surface area contributed by atoms with Crippen molar-refractivity contribution in [3.63, 3.8) is 0 Å². The molecule has 130 valence electrons. The van der Waals surface area contributed by atoms with Gasteiger partial charge in [0.2, 0.25) is 6.79 Å². The van der Waals surface area contributed by atoms with Gasteiger partial charge in [0, 0.05) is 29.9 Å². The van der Waals surface area contributed by atoms with Crippen molar-refractivity contribution in [2.75, 3.05) is 12.1 Å². The number of ether oxygens (including phenoxy) is 2. The van der Waals surface area contributed by atoms with Crippen molar-refractivity contribution in [1.29, 1.82) is 0 Å². The fraction of sp³-hybridized carbons (Fsp3) is 0.412. The lowest BCUT2D eigenvalue weighted by atomic mass is 9.95. The Morgan fingerprint density at radius 1 is 1.00 bits per heavy atom. The molecule has 7 nitrogen and oxygen atoms in total. The zero-order chi connectivity index (χ0) is 17.4. The van der Waals surface area contributed by atoms with E-state index in [2.05, 4.69) is 11.4 Å². The van der Waals surface area contributed by atoms with E-state index in [0.29, 0.717) is 25.0 Å². The van der Waals surface area contributed by atoms with Crippen LogP contribution in [0.4, 0.5) is 5.69 Å². The van der Waals surface area contributed by atoms with Crippen LogP contribution in [0.15, 0.2) is 30.4 Å². The van der Waals surface area contributed by atoms with Crippen molar-refractivity contribution in [2.45, 2.75) is 38.1 Å². The summed E-state index contributed by atoms with van der Waals surface area (Å²) in [5.41, 5.74) is 1.15. The second kappa shape index (κ2) is 8.81. The fourth-order valence-electron chi connectivity index (χ4n) is 2.61. The molecule has 3 rings (SSSR count). The predicted molar refractivity (Wildman–Crippen MR) is 87.5 cm³/mol. The van der Waals surface area contributed by atoms with Crippen molar-refractivity contribution in [3.8, 4) is 11.5 Å². The van der Waals surface area contributed by atoms with Gasteiger partial charge in [0.1, 0.15) is 0 Å². The zero-order valence-electron chi connectivity index (χ0n) is 13.2. The van der Waals surface area contributed by atoms with Gasteiger partial charge in [-0.05, 0) is 25.0 Å². The second-order valence-electron chi connectivity index (χ2n) is 5.56. The van der Waals surface area contributed by atoms with E-state index < -0.39 is 11.9 Å². The predicted octanol–water partition coefficient (Wildman–Crippen LogP) is 2.87. The van der Waals surface area contributed by atoms with Gasteiger partial charge in [0.25, 0.3) is 0 Å². The number of carboxylic acid groups (broad SMARTS) is 2. The topological polar surface area (TPSA) is 105 Å². The van der Waals surface area contributed by atoms with Gasteiger partial charge in [-0.1, -0.05) is 19.3 Å². The molecule has 3 N–H and O–H groups in total. The normalized spacial score (nSPS) is 16.3. The van der Waals surface area contributed by atoms with E-state index in [9.17, 15) is 9.59 Å². The molecule has 1 fully saturated rings. The third-order valence-electron chi connectivity index (χ3n) is 3.72. The minimum absolute atomic E-state index is 0.349. The minimum atomic E-state index is -1.26. The summed E-state index contributed by atoms with van der Waals surface area (Å²) in [4.78, 5) is 19.1. The van der Waals surface area contributed by atoms with Crippen LogP contribution >= 0.6 is 0 Å². The lowest BCUT2D eigenvalue weighted by Gasteiger charge is -2.23. The van der Waals surface area contributed by atoms with E-state index >= 15 is 0 Å². The Kier molecular flexibility index (Phi) is 6.48. The van der Waals surface area contributed by atoms with E-state index in [1.165, 1.54) is 32.1 Å². The van der Waals surface area contributed by atoms with Crippen LogP contribution in [-0.4, -0.2) is 35.0 Å². The molecular weight excluding hydrogens is 314 g/mol. The number of aliphatic carboxylic acids is 2. The highest BCUT2D eigenvalue weighted by molar-refractivity contribution is 5.89. The molecule has 1 heterocycles. The Labute approximate surface area is 139 Å². The van der Waals surface area contributed by atoms with Gasteiger partial charge in [-0.3, -0.25) is 0 Å². The molecule has 0 unspecified atom stereocenters. The maximum Gasteiger partial charge on any atom is 0.328 e. The number of nitrogens with one attached hydrogen (secondary N) is 1. The van der Waals surface area contributed by atoms with Crippen LogP contribution in [0.1, 0.15) is 32.1 Å². The smallest absolute Gasteiger partial charge is 0.328 e. The SMILES string of the molecule is O=C(O)/C=C\C(=O)O.c1cc2c(cc1NC1CCCCC1)OCO2. The Hall–Kier alpha value is -2.70. The summed E-state index contributed by atoms with van der Waals surface area (Å²) >= 11 is 0. The summed E-state index contributed by atoms with van der Waals surface area (Å²) in [5.74, 6) is -0.796. The van der Waals surface area contributed by atoms with Crippen molar-refractivity contribution < 1.29 is 29.3 Å². The Balaban J connectivity index is 0.000000224. The van der Waals surface area contributed by atoms with E-state index in [-0.39, 0.29) is 0 Å². The molecule has 0 bridgehead atoms. The molecule has 1 saturated carbocycles. The molecule has 0 atom stereocenters. The van der Waals surface area contributed by atoms with Gasteiger partial charge >= 0.3 is 11.9 Å². The molecule has 0 radical (unpaired) electrons. The van der Waals surface area contributed by atoms with Crippen molar-refractivity contribution in [1.82, 2.24) is 0 Å². The van der Waals surface area contributed by atoms with Crippen LogP contribution < -0.4 is 14.8 Å². The van der Waals surface area contributed by atoms with Crippen LogP contribution in [0, 0.1) is 0 Å². The number of carbonyl (C=O) groups is 2. The summed E-state index contributed by atoms with van der Waals surface area (Å²) in [6, 6.07) is 6.72. The molecule has 1 aromatic rings. The molecule has 1 aliphatic heterocycles. The van der Waals surface area contributed by atoms with E-state index in [1.807, 2.05) is 12.1 Å². The highest BCUT2D eigenvalue weighted by Gasteiger charge is 2.16. The van der Waals surface area contributed by atoms with Gasteiger partial charge < -0.3 is 25.0 Å². The number of benzene rings is 1. The molecule has 2 aliphatic rings. The first-order valence-electron chi connectivity index (χ1n) is 7.84. The number of rotatable bonds is 4. The summed E-state index contributed by atoms with van der Waals surface area (Å²) in [5, 5.41) is 19.2. The summed E-state index contributed by atoms with van der Waals surface area (Å²) < 4.78 is 10.7. The van der Waals surface area contributed by atoms with E-state index in [0.717, 1.165) is 17.2 Å². The zero-order valence-corrected chi connectivity index (χ0v) is 13.2. The largest absolute Gasteiger partial charge is 0.478 e. The lowest BCUT2D eigenvalue weighted by molar-refractivity contribution is -0.134. The van der Waals surface area contributed by atoms with Crippen LogP contribution in [0.5, 0.6) is 11.5 Å². The first kappa shape index (κ1) is 17.7. The number of hydrogen-bond acceptors (Lipinski definition) is 5. The van der Waals surface area contributed by atoms with Gasteiger partial charge in [-0.15, -0.1) is 0 Å². The lowest BCUT2D eigenvalue weighted by Crippen LogP contribution is -2.22. The summed E-state index contributed by atoms with van der Waals surface area (Å²) in [7, 11) is 0. The monoisotopic (exact) mass is 335 g/mol. The fourth-order valence-corrected chi connectivity index (χ4v) is 2.61. The van der Waals surface area contributed by atoms with E-state index in [4.69, 9.17) is 19.7 Å². The number of carboxylic acids is 2. The van der Waals surface area contributed by atoms with Crippen molar-refractivity contribution >= 4 is 17.6 Å². The molecule has 1 aliphatic carbocycles. The number of anilines is 1. The van der Waals surface area contributed by atoms with Crippen molar-refractivity contribution in [2.24, 2.45) is 0 Å². The molecule has 24 heavy (non-hydrogen) atoms. The van der Waals surface area contributed by atoms with E-state index in [1.54, 1.807) is 0 Å². The van der Waals surface area contributed by atoms with Gasteiger partial charge in [-0.2, -0.15) is 0 Å². The van der Waals surface area contributed by atoms with Gasteiger partial charge in [-0.25, -0.2) is 9.59 Å². The third kappa shape index (κ3) is 5.83. The Morgan fingerprint density at radius 3 is 2.25 bits per heavy atom. The van der Waals surface area contributed by atoms with Crippen LogP contribution in [0.2, 0.25) is 0 Å². The van der Waals surface area contributed by atoms with Crippen LogP contribution in [0.3, 0.4) is 0 Å². The molecular formula is C17H21NO6. The summed E-state index contributed by atoms with van der Waals surface area (Å²) in [6.45, 7) is 0.349. The highest BCUT2D eigenvalue weighted by atomic mass is 16.7. The number of hydrogen-bond donors (Lipinski definition) is 3. The molecule has 0 aromatic heterocycles. The number of fused-ring (bicyclic) bond motifs is 1. The first-order chi connectivity index (χ1) is 11.5. The minimum Gasteiger partial charge on any atom is -0.478 e. The average molecular weight is 335 g/mol. The Morgan fingerprint density at radius 2 is 1.62 bits per heavy atom. The first-order valence-corrected chi connectivity index (χ1v) is 7.84. The molecule has 0 spiro atoms. The highest BCUT2D eigenvalue weighted by Crippen LogP contribution is 2.35. The summed E-state index contributed by atoms with van der Waals surface area (Å²) in [6.07, 6.45) is 7.78. The quantitative estimate of drug-likeness (QED) is 0.727. The van der Waals surface area contributed by atoms with Gasteiger partial charge in [0.05, 0.1) is 0 Å². The van der Waals surface area contributed by atoms with Crippen LogP contribution in [-0.2, 0) is 9.59 Å².